The van der Waals surface area contributed by atoms with E-state index in [0.29, 0.717) is 6.04 Å². The standard InChI is InChI=1S/C15H21N3S/c1-2-16-12(10-15-17-7-8-18-15)14-9-11-5-3-4-6-13(11)19-14/h7-9,12,16H,2-6,10H2,1H3,(H,17,18). The summed E-state index contributed by atoms with van der Waals surface area (Å²) < 4.78 is 0. The Labute approximate surface area is 118 Å². The highest BCUT2D eigenvalue weighted by Gasteiger charge is 2.19. The Balaban J connectivity index is 1.80. The van der Waals surface area contributed by atoms with E-state index in [2.05, 4.69) is 28.3 Å². The van der Waals surface area contributed by atoms with Crippen LogP contribution in [-0.2, 0) is 19.3 Å². The summed E-state index contributed by atoms with van der Waals surface area (Å²) >= 11 is 2.00. The summed E-state index contributed by atoms with van der Waals surface area (Å²) in [6.45, 7) is 3.16. The molecular formula is C15H21N3S. The maximum absolute atomic E-state index is 4.35. The molecule has 1 aliphatic rings. The van der Waals surface area contributed by atoms with Gasteiger partial charge in [-0.05, 0) is 43.9 Å². The molecule has 0 fully saturated rings. The van der Waals surface area contributed by atoms with Gasteiger partial charge in [0.1, 0.15) is 5.82 Å². The van der Waals surface area contributed by atoms with Crippen molar-refractivity contribution >= 4 is 11.3 Å². The summed E-state index contributed by atoms with van der Waals surface area (Å²) in [6.07, 6.45) is 9.94. The zero-order valence-electron chi connectivity index (χ0n) is 11.4. The van der Waals surface area contributed by atoms with Crippen molar-refractivity contribution in [2.75, 3.05) is 6.54 Å². The Hall–Kier alpha value is -1.13. The lowest BCUT2D eigenvalue weighted by molar-refractivity contribution is 0.547. The van der Waals surface area contributed by atoms with E-state index in [1.807, 2.05) is 23.7 Å². The third kappa shape index (κ3) is 2.90. The van der Waals surface area contributed by atoms with E-state index < -0.39 is 0 Å². The Morgan fingerprint density at radius 1 is 1.42 bits per heavy atom. The van der Waals surface area contributed by atoms with Crippen molar-refractivity contribution in [3.63, 3.8) is 0 Å². The number of likely N-dealkylation sites (N-methyl/N-ethyl adjacent to an activating group) is 1. The monoisotopic (exact) mass is 275 g/mol. The van der Waals surface area contributed by atoms with Crippen molar-refractivity contribution in [3.8, 4) is 0 Å². The van der Waals surface area contributed by atoms with Crippen molar-refractivity contribution < 1.29 is 0 Å². The van der Waals surface area contributed by atoms with Crippen LogP contribution in [0.4, 0.5) is 0 Å². The zero-order valence-corrected chi connectivity index (χ0v) is 12.2. The summed E-state index contributed by atoms with van der Waals surface area (Å²) in [7, 11) is 0. The van der Waals surface area contributed by atoms with Crippen molar-refractivity contribution in [2.45, 2.75) is 45.1 Å². The lowest BCUT2D eigenvalue weighted by Crippen LogP contribution is -2.22. The number of fused-ring (bicyclic) bond motifs is 1. The Kier molecular flexibility index (Phi) is 3.99. The number of hydrogen-bond acceptors (Lipinski definition) is 3. The first-order valence-corrected chi connectivity index (χ1v) is 8.01. The number of thiophene rings is 1. The SMILES string of the molecule is CCNC(Cc1ncc[nH]1)c1cc2c(s1)CCCC2. The Morgan fingerprint density at radius 2 is 2.32 bits per heavy atom. The molecule has 0 saturated heterocycles. The fourth-order valence-electron chi connectivity index (χ4n) is 2.81. The lowest BCUT2D eigenvalue weighted by Gasteiger charge is -2.14. The molecular weight excluding hydrogens is 254 g/mol. The van der Waals surface area contributed by atoms with Gasteiger partial charge in [-0.25, -0.2) is 4.98 Å². The lowest BCUT2D eigenvalue weighted by atomic mass is 9.98. The van der Waals surface area contributed by atoms with Gasteiger partial charge in [-0.1, -0.05) is 6.92 Å². The molecule has 0 aliphatic heterocycles. The van der Waals surface area contributed by atoms with Crippen molar-refractivity contribution in [1.29, 1.82) is 0 Å². The van der Waals surface area contributed by atoms with Gasteiger partial charge in [-0.15, -0.1) is 11.3 Å². The molecule has 1 unspecified atom stereocenters. The molecule has 0 bridgehead atoms. The highest BCUT2D eigenvalue weighted by Crippen LogP contribution is 2.33. The smallest absolute Gasteiger partial charge is 0.107 e. The molecule has 0 radical (unpaired) electrons. The predicted molar refractivity (Wildman–Crippen MR) is 79.7 cm³/mol. The molecule has 0 saturated carbocycles. The highest BCUT2D eigenvalue weighted by atomic mass is 32.1. The third-order valence-electron chi connectivity index (χ3n) is 3.76. The average Bonchev–Trinajstić information content (AvgIpc) is 3.06. The fourth-order valence-corrected chi connectivity index (χ4v) is 4.14. The summed E-state index contributed by atoms with van der Waals surface area (Å²) in [5, 5.41) is 3.60. The second-order valence-corrected chi connectivity index (χ2v) is 6.32. The second kappa shape index (κ2) is 5.88. The van der Waals surface area contributed by atoms with Crippen molar-refractivity contribution in [3.05, 3.63) is 39.6 Å². The molecule has 4 heteroatoms. The summed E-state index contributed by atoms with van der Waals surface area (Å²) in [4.78, 5) is 10.7. The Morgan fingerprint density at radius 3 is 3.05 bits per heavy atom. The molecule has 2 N–H and O–H groups in total. The molecule has 3 rings (SSSR count). The molecule has 2 aromatic rings. The van der Waals surface area contributed by atoms with Gasteiger partial charge in [-0.3, -0.25) is 0 Å². The van der Waals surface area contributed by atoms with Gasteiger partial charge in [0.2, 0.25) is 0 Å². The topological polar surface area (TPSA) is 40.7 Å². The van der Waals surface area contributed by atoms with Gasteiger partial charge >= 0.3 is 0 Å². The summed E-state index contributed by atoms with van der Waals surface area (Å²) in [6, 6.07) is 2.82. The van der Waals surface area contributed by atoms with Crippen LogP contribution in [0.15, 0.2) is 18.5 Å². The molecule has 3 nitrogen and oxygen atoms in total. The van der Waals surface area contributed by atoms with E-state index in [-0.39, 0.29) is 0 Å². The quantitative estimate of drug-likeness (QED) is 0.879. The first-order chi connectivity index (χ1) is 9.36. The number of rotatable bonds is 5. The molecule has 2 aromatic heterocycles. The van der Waals surface area contributed by atoms with Gasteiger partial charge < -0.3 is 10.3 Å². The third-order valence-corrected chi connectivity index (χ3v) is 5.11. The van der Waals surface area contributed by atoms with Crippen LogP contribution >= 0.6 is 11.3 Å². The van der Waals surface area contributed by atoms with Crippen LogP contribution in [-0.4, -0.2) is 16.5 Å². The number of aromatic nitrogens is 2. The molecule has 0 spiro atoms. The van der Waals surface area contributed by atoms with Crippen LogP contribution in [0.5, 0.6) is 0 Å². The van der Waals surface area contributed by atoms with E-state index >= 15 is 0 Å². The molecule has 102 valence electrons. The fraction of sp³-hybridized carbons (Fsp3) is 0.533. The summed E-state index contributed by atoms with van der Waals surface area (Å²) in [5.74, 6) is 1.07. The Bertz CT molecular complexity index is 492. The first-order valence-electron chi connectivity index (χ1n) is 7.20. The van der Waals surface area contributed by atoms with Gasteiger partial charge in [0, 0.05) is 34.6 Å². The maximum Gasteiger partial charge on any atom is 0.107 e. The number of aromatic amines is 1. The molecule has 2 heterocycles. The van der Waals surface area contributed by atoms with Crippen LogP contribution in [0.1, 0.15) is 46.9 Å². The van der Waals surface area contributed by atoms with Crippen LogP contribution in [0.3, 0.4) is 0 Å². The molecule has 19 heavy (non-hydrogen) atoms. The van der Waals surface area contributed by atoms with E-state index in [9.17, 15) is 0 Å². The van der Waals surface area contributed by atoms with E-state index in [0.717, 1.165) is 18.8 Å². The maximum atomic E-state index is 4.35. The van der Waals surface area contributed by atoms with Crippen molar-refractivity contribution in [2.24, 2.45) is 0 Å². The highest BCUT2D eigenvalue weighted by molar-refractivity contribution is 7.12. The van der Waals surface area contributed by atoms with E-state index in [1.54, 1.807) is 10.4 Å². The molecule has 1 atom stereocenters. The van der Waals surface area contributed by atoms with Crippen LogP contribution in [0.25, 0.3) is 0 Å². The predicted octanol–water partition coefficient (Wildman–Crippen LogP) is 3.24. The van der Waals surface area contributed by atoms with Crippen LogP contribution < -0.4 is 5.32 Å². The average molecular weight is 275 g/mol. The number of aryl methyl sites for hydroxylation is 2. The van der Waals surface area contributed by atoms with Crippen LogP contribution in [0.2, 0.25) is 0 Å². The number of hydrogen-bond donors (Lipinski definition) is 2. The van der Waals surface area contributed by atoms with Gasteiger partial charge in [0.25, 0.3) is 0 Å². The van der Waals surface area contributed by atoms with Gasteiger partial charge in [-0.2, -0.15) is 0 Å². The normalized spacial score (nSPS) is 16.3. The molecule has 0 aromatic carbocycles. The molecule has 0 amide bonds. The van der Waals surface area contributed by atoms with Crippen molar-refractivity contribution in [1.82, 2.24) is 15.3 Å². The number of imidazole rings is 1. The summed E-state index contributed by atoms with van der Waals surface area (Å²) in [5.41, 5.74) is 1.59. The first kappa shape index (κ1) is 12.9. The number of nitrogens with one attached hydrogen (secondary N) is 2. The van der Waals surface area contributed by atoms with Gasteiger partial charge in [0.15, 0.2) is 0 Å². The second-order valence-electron chi connectivity index (χ2n) is 5.15. The zero-order chi connectivity index (χ0) is 13.1. The minimum atomic E-state index is 0.395. The minimum absolute atomic E-state index is 0.395. The number of nitrogens with zero attached hydrogens (tertiary/aromatic N) is 1. The minimum Gasteiger partial charge on any atom is -0.349 e. The van der Waals surface area contributed by atoms with Gasteiger partial charge in [0.05, 0.1) is 0 Å². The van der Waals surface area contributed by atoms with E-state index in [1.165, 1.54) is 30.6 Å². The largest absolute Gasteiger partial charge is 0.349 e. The van der Waals surface area contributed by atoms with Crippen LogP contribution in [0, 0.1) is 0 Å². The number of H-pyrrole nitrogens is 1. The van der Waals surface area contributed by atoms with E-state index in [4.69, 9.17) is 0 Å². The molecule has 1 aliphatic carbocycles.